The number of hydrogen-bond acceptors (Lipinski definition) is 7. The predicted molar refractivity (Wildman–Crippen MR) is 101 cm³/mol. The van der Waals surface area contributed by atoms with E-state index in [0.29, 0.717) is 17.3 Å². The second-order valence-electron chi connectivity index (χ2n) is 5.91. The molecule has 0 saturated heterocycles. The van der Waals surface area contributed by atoms with E-state index in [9.17, 15) is 4.79 Å². The van der Waals surface area contributed by atoms with Gasteiger partial charge in [0.1, 0.15) is 12.1 Å². The van der Waals surface area contributed by atoms with E-state index in [-0.39, 0.29) is 0 Å². The third kappa shape index (κ3) is 3.86. The third-order valence-electron chi connectivity index (χ3n) is 4.00. The van der Waals surface area contributed by atoms with Crippen molar-refractivity contribution in [1.82, 2.24) is 25.1 Å². The molecule has 0 aliphatic carbocycles. The smallest absolute Gasteiger partial charge is 0.229 e. The van der Waals surface area contributed by atoms with E-state index in [1.807, 2.05) is 32.4 Å². The molecule has 0 radical (unpaired) electrons. The molecule has 0 atom stereocenters. The molecular weight excluding hydrogens is 330 g/mol. The number of rotatable bonds is 7. The summed E-state index contributed by atoms with van der Waals surface area (Å²) in [4.78, 5) is 19.8. The molecule has 2 aromatic heterocycles. The Hall–Kier alpha value is -3.26. The minimum Gasteiger partial charge on any atom is -0.383 e. The number of hydrogen-bond donors (Lipinski definition) is 3. The number of nitrogens with two attached hydrogens (primary N) is 1. The number of nitrogens with one attached hydrogen (secondary N) is 2. The fourth-order valence-corrected chi connectivity index (χ4v) is 2.64. The fourth-order valence-electron chi connectivity index (χ4n) is 2.64. The van der Waals surface area contributed by atoms with Gasteiger partial charge in [0.2, 0.25) is 5.95 Å². The number of benzene rings is 1. The highest BCUT2D eigenvalue weighted by molar-refractivity contribution is 5.79. The molecule has 0 aliphatic heterocycles. The largest absolute Gasteiger partial charge is 0.383 e. The lowest BCUT2D eigenvalue weighted by Gasteiger charge is -2.10. The standard InChI is InChI=1S/C18H21N7O/c1-20-6-5-12-7-15(4-3-13(12)11-26)23-18-21-9-16(17(19)24-18)14-8-22-25(2)10-14/h3-4,7-11,20H,5-6H2,1-2H3,(H3,19,21,23,24). The Morgan fingerprint density at radius 2 is 2.15 bits per heavy atom. The maximum absolute atomic E-state index is 11.2. The second kappa shape index (κ2) is 7.75. The Kier molecular flexibility index (Phi) is 5.23. The molecule has 0 amide bonds. The van der Waals surface area contributed by atoms with Gasteiger partial charge < -0.3 is 16.4 Å². The number of nitrogen functional groups attached to an aromatic ring is 1. The van der Waals surface area contributed by atoms with Crippen molar-refractivity contribution in [3.05, 3.63) is 47.9 Å². The van der Waals surface area contributed by atoms with E-state index in [1.165, 1.54) is 0 Å². The van der Waals surface area contributed by atoms with Crippen molar-refractivity contribution in [1.29, 1.82) is 0 Å². The quantitative estimate of drug-likeness (QED) is 0.556. The van der Waals surface area contributed by atoms with Crippen molar-refractivity contribution in [2.75, 3.05) is 24.6 Å². The van der Waals surface area contributed by atoms with Gasteiger partial charge in [0.05, 0.1) is 6.20 Å². The molecule has 0 fully saturated rings. The molecule has 0 bridgehead atoms. The predicted octanol–water partition coefficient (Wildman–Crippen LogP) is 1.78. The fraction of sp³-hybridized carbons (Fsp3) is 0.222. The highest BCUT2D eigenvalue weighted by Gasteiger charge is 2.10. The van der Waals surface area contributed by atoms with Crippen LogP contribution >= 0.6 is 0 Å². The van der Waals surface area contributed by atoms with Crippen LogP contribution in [0, 0.1) is 0 Å². The van der Waals surface area contributed by atoms with Crippen LogP contribution in [0.15, 0.2) is 36.8 Å². The topological polar surface area (TPSA) is 111 Å². The number of aryl methyl sites for hydroxylation is 1. The molecule has 0 spiro atoms. The number of anilines is 3. The van der Waals surface area contributed by atoms with Gasteiger partial charge in [0.15, 0.2) is 0 Å². The molecule has 2 heterocycles. The summed E-state index contributed by atoms with van der Waals surface area (Å²) < 4.78 is 1.70. The van der Waals surface area contributed by atoms with Crippen molar-refractivity contribution < 1.29 is 4.79 Å². The zero-order valence-electron chi connectivity index (χ0n) is 14.7. The Bertz CT molecular complexity index is 920. The van der Waals surface area contributed by atoms with Crippen LogP contribution in [0.25, 0.3) is 11.1 Å². The van der Waals surface area contributed by atoms with Crippen LogP contribution in [-0.4, -0.2) is 39.6 Å². The van der Waals surface area contributed by atoms with Crippen LogP contribution in [-0.2, 0) is 13.5 Å². The van der Waals surface area contributed by atoms with E-state index < -0.39 is 0 Å². The minimum atomic E-state index is 0.371. The van der Waals surface area contributed by atoms with Gasteiger partial charge in [-0.15, -0.1) is 0 Å². The summed E-state index contributed by atoms with van der Waals surface area (Å²) in [5.41, 5.74) is 10.1. The Morgan fingerprint density at radius 3 is 2.81 bits per heavy atom. The van der Waals surface area contributed by atoms with Gasteiger partial charge >= 0.3 is 0 Å². The first kappa shape index (κ1) is 17.6. The van der Waals surface area contributed by atoms with Crippen LogP contribution in [0.5, 0.6) is 0 Å². The molecule has 0 unspecified atom stereocenters. The van der Waals surface area contributed by atoms with Gasteiger partial charge in [0.25, 0.3) is 0 Å². The molecule has 3 rings (SSSR count). The molecule has 1 aromatic carbocycles. The summed E-state index contributed by atoms with van der Waals surface area (Å²) in [5.74, 6) is 0.768. The van der Waals surface area contributed by atoms with Crippen molar-refractivity contribution in [3.8, 4) is 11.1 Å². The highest BCUT2D eigenvalue weighted by atomic mass is 16.1. The van der Waals surface area contributed by atoms with E-state index in [1.54, 1.807) is 23.1 Å². The zero-order valence-corrected chi connectivity index (χ0v) is 14.7. The summed E-state index contributed by atoms with van der Waals surface area (Å²) in [6.07, 6.45) is 6.86. The number of carbonyl (C=O) groups excluding carboxylic acids is 1. The Labute approximate surface area is 151 Å². The van der Waals surface area contributed by atoms with Crippen molar-refractivity contribution >= 4 is 23.7 Å². The van der Waals surface area contributed by atoms with Crippen molar-refractivity contribution in [2.45, 2.75) is 6.42 Å². The molecule has 4 N–H and O–H groups in total. The van der Waals surface area contributed by atoms with Crippen molar-refractivity contribution in [2.24, 2.45) is 7.05 Å². The van der Waals surface area contributed by atoms with Crippen LogP contribution in [0.2, 0.25) is 0 Å². The maximum atomic E-state index is 11.2. The molecule has 0 aliphatic rings. The lowest BCUT2D eigenvalue weighted by atomic mass is 10.0. The van der Waals surface area contributed by atoms with Gasteiger partial charge in [-0.3, -0.25) is 9.48 Å². The minimum absolute atomic E-state index is 0.371. The number of carbonyl (C=O) groups is 1. The van der Waals surface area contributed by atoms with Gasteiger partial charge in [-0.2, -0.15) is 10.1 Å². The summed E-state index contributed by atoms with van der Waals surface area (Å²) in [7, 11) is 3.72. The van der Waals surface area contributed by atoms with Crippen molar-refractivity contribution in [3.63, 3.8) is 0 Å². The van der Waals surface area contributed by atoms with Gasteiger partial charge in [-0.25, -0.2) is 4.98 Å². The molecule has 26 heavy (non-hydrogen) atoms. The molecule has 134 valence electrons. The first-order valence-corrected chi connectivity index (χ1v) is 8.22. The normalized spacial score (nSPS) is 10.7. The number of aldehydes is 1. The first-order valence-electron chi connectivity index (χ1n) is 8.22. The Balaban J connectivity index is 1.82. The van der Waals surface area contributed by atoms with Gasteiger partial charge in [-0.05, 0) is 43.8 Å². The van der Waals surface area contributed by atoms with E-state index in [0.717, 1.165) is 41.6 Å². The van der Waals surface area contributed by atoms with Crippen LogP contribution in [0.1, 0.15) is 15.9 Å². The number of likely N-dealkylation sites (N-methyl/N-ethyl adjacent to an activating group) is 1. The van der Waals surface area contributed by atoms with E-state index in [2.05, 4.69) is 25.7 Å². The molecule has 3 aromatic rings. The maximum Gasteiger partial charge on any atom is 0.229 e. The summed E-state index contributed by atoms with van der Waals surface area (Å²) >= 11 is 0. The monoisotopic (exact) mass is 351 g/mol. The molecule has 8 nitrogen and oxygen atoms in total. The lowest BCUT2D eigenvalue weighted by molar-refractivity contribution is 0.112. The first-order chi connectivity index (χ1) is 12.6. The summed E-state index contributed by atoms with van der Waals surface area (Å²) in [5, 5.41) is 10.4. The summed E-state index contributed by atoms with van der Waals surface area (Å²) in [6, 6.07) is 5.53. The lowest BCUT2D eigenvalue weighted by Crippen LogP contribution is -2.11. The van der Waals surface area contributed by atoms with Crippen LogP contribution < -0.4 is 16.4 Å². The second-order valence-corrected chi connectivity index (χ2v) is 5.91. The summed E-state index contributed by atoms with van der Waals surface area (Å²) in [6.45, 7) is 0.785. The van der Waals surface area contributed by atoms with Gasteiger partial charge in [-0.1, -0.05) is 0 Å². The SMILES string of the molecule is CNCCc1cc(Nc2ncc(-c3cnn(C)c3)c(N)n2)ccc1C=O. The molecular formula is C18H21N7O. The number of nitrogens with zero attached hydrogens (tertiary/aromatic N) is 4. The van der Waals surface area contributed by atoms with E-state index >= 15 is 0 Å². The third-order valence-corrected chi connectivity index (χ3v) is 4.00. The van der Waals surface area contributed by atoms with Gasteiger partial charge in [0, 0.05) is 41.8 Å². The highest BCUT2D eigenvalue weighted by Crippen LogP contribution is 2.25. The Morgan fingerprint density at radius 1 is 1.31 bits per heavy atom. The van der Waals surface area contributed by atoms with E-state index in [4.69, 9.17) is 5.73 Å². The molecule has 0 saturated carbocycles. The average Bonchev–Trinajstić information content (AvgIpc) is 3.06. The molecule has 8 heteroatoms. The zero-order chi connectivity index (χ0) is 18.5. The average molecular weight is 351 g/mol. The van der Waals surface area contributed by atoms with Crippen LogP contribution in [0.3, 0.4) is 0 Å². The van der Waals surface area contributed by atoms with Crippen LogP contribution in [0.4, 0.5) is 17.5 Å². The number of aromatic nitrogens is 4.